The molecule has 7 heteroatoms. The molecule has 2 rings (SSSR count). The van der Waals surface area contributed by atoms with Gasteiger partial charge in [0.05, 0.1) is 16.7 Å². The number of carbonyl (C=O) groups excluding carboxylic acids is 4. The predicted molar refractivity (Wildman–Crippen MR) is 102 cm³/mol. The Kier molecular flexibility index (Phi) is 5.59. The van der Waals surface area contributed by atoms with Gasteiger partial charge in [0.1, 0.15) is 12.2 Å². The van der Waals surface area contributed by atoms with Crippen LogP contribution < -0.4 is 0 Å². The second kappa shape index (κ2) is 7.42. The number of carbonyl (C=O) groups is 4. The molecule has 0 aromatic heterocycles. The van der Waals surface area contributed by atoms with Gasteiger partial charge in [0.15, 0.2) is 0 Å². The monoisotopic (exact) mass is 385 g/mol. The summed E-state index contributed by atoms with van der Waals surface area (Å²) < 4.78 is 10.3. The zero-order chi connectivity index (χ0) is 21.4. The van der Waals surface area contributed by atoms with E-state index in [0.29, 0.717) is 16.0 Å². The highest BCUT2D eigenvalue weighted by Gasteiger charge is 2.45. The van der Waals surface area contributed by atoms with Gasteiger partial charge in [-0.25, -0.2) is 9.59 Å². The lowest BCUT2D eigenvalue weighted by Crippen LogP contribution is -2.40. The number of imide groups is 3. The summed E-state index contributed by atoms with van der Waals surface area (Å²) in [6.07, 6.45) is 1.72. The smallest absolute Gasteiger partial charge is 0.424 e. The summed E-state index contributed by atoms with van der Waals surface area (Å²) in [7, 11) is 0. The number of nitrogens with zero attached hydrogens (tertiary/aromatic N) is 1. The van der Waals surface area contributed by atoms with E-state index in [1.54, 1.807) is 34.6 Å². The molecule has 0 bridgehead atoms. The van der Waals surface area contributed by atoms with Crippen molar-refractivity contribution >= 4 is 23.9 Å². The predicted octanol–water partition coefficient (Wildman–Crippen LogP) is 3.65. The molecule has 1 aliphatic heterocycles. The molecule has 0 N–H and O–H groups in total. The maximum Gasteiger partial charge on any atom is 0.424 e. The first-order chi connectivity index (χ1) is 13.0. The molecule has 3 amide bonds. The zero-order valence-electron chi connectivity index (χ0n) is 16.7. The van der Waals surface area contributed by atoms with E-state index in [9.17, 15) is 19.2 Å². The molecule has 7 nitrogen and oxygen atoms in total. The van der Waals surface area contributed by atoms with Gasteiger partial charge in [0.25, 0.3) is 11.8 Å². The number of fused-ring (bicyclic) bond motifs is 1. The van der Waals surface area contributed by atoms with Crippen molar-refractivity contribution in [2.75, 3.05) is 6.61 Å². The van der Waals surface area contributed by atoms with Gasteiger partial charge in [-0.3, -0.25) is 9.59 Å². The largest absolute Gasteiger partial charge is 0.458 e. The van der Waals surface area contributed by atoms with Crippen LogP contribution in [0.5, 0.6) is 0 Å². The van der Waals surface area contributed by atoms with Crippen LogP contribution in [-0.4, -0.2) is 41.0 Å². The van der Waals surface area contributed by atoms with E-state index in [1.807, 2.05) is 0 Å². The van der Waals surface area contributed by atoms with Gasteiger partial charge in [-0.2, -0.15) is 4.90 Å². The molecule has 148 valence electrons. The number of esters is 1. The van der Waals surface area contributed by atoms with E-state index in [4.69, 9.17) is 9.47 Å². The highest BCUT2D eigenvalue weighted by Crippen LogP contribution is 2.35. The number of amides is 3. The fraction of sp³-hybridized carbons (Fsp3) is 0.333. The van der Waals surface area contributed by atoms with Crippen molar-refractivity contribution in [3.63, 3.8) is 0 Å². The third kappa shape index (κ3) is 3.35. The van der Waals surface area contributed by atoms with Crippen molar-refractivity contribution in [3.8, 4) is 0 Å². The van der Waals surface area contributed by atoms with Crippen LogP contribution in [0, 0.1) is 20.8 Å². The van der Waals surface area contributed by atoms with Crippen molar-refractivity contribution < 1.29 is 28.7 Å². The van der Waals surface area contributed by atoms with Crippen molar-refractivity contribution in [3.05, 3.63) is 58.7 Å². The van der Waals surface area contributed by atoms with E-state index < -0.39 is 29.5 Å². The van der Waals surface area contributed by atoms with Crippen LogP contribution in [0.4, 0.5) is 4.79 Å². The Bertz CT molecular complexity index is 926. The van der Waals surface area contributed by atoms with E-state index in [1.165, 1.54) is 12.2 Å². The highest BCUT2D eigenvalue weighted by atomic mass is 16.6. The summed E-state index contributed by atoms with van der Waals surface area (Å²) in [6, 6.07) is 0. The minimum Gasteiger partial charge on any atom is -0.458 e. The molecule has 1 aromatic rings. The van der Waals surface area contributed by atoms with Crippen LogP contribution in [0.15, 0.2) is 25.3 Å². The molecule has 0 spiro atoms. The molecule has 1 aliphatic rings. The Morgan fingerprint density at radius 1 is 1.00 bits per heavy atom. The Morgan fingerprint density at radius 2 is 1.54 bits per heavy atom. The minimum absolute atomic E-state index is 0.00649. The van der Waals surface area contributed by atoms with Crippen LogP contribution in [0.2, 0.25) is 0 Å². The number of rotatable bonds is 5. The highest BCUT2D eigenvalue weighted by molar-refractivity contribution is 6.29. The van der Waals surface area contributed by atoms with Crippen molar-refractivity contribution in [1.82, 2.24) is 4.90 Å². The van der Waals surface area contributed by atoms with Crippen LogP contribution >= 0.6 is 0 Å². The van der Waals surface area contributed by atoms with Crippen LogP contribution in [0.3, 0.4) is 0 Å². The third-order valence-corrected chi connectivity index (χ3v) is 4.71. The first-order valence-electron chi connectivity index (χ1n) is 8.65. The van der Waals surface area contributed by atoms with E-state index in [0.717, 1.165) is 0 Å². The van der Waals surface area contributed by atoms with Crippen molar-refractivity contribution in [2.24, 2.45) is 0 Å². The lowest BCUT2D eigenvalue weighted by Gasteiger charge is -2.23. The van der Waals surface area contributed by atoms with Gasteiger partial charge in [0.2, 0.25) is 0 Å². The van der Waals surface area contributed by atoms with E-state index in [2.05, 4.69) is 13.2 Å². The van der Waals surface area contributed by atoms with E-state index >= 15 is 0 Å². The summed E-state index contributed by atoms with van der Waals surface area (Å²) in [4.78, 5) is 51.1. The maximum absolute atomic E-state index is 12.9. The van der Waals surface area contributed by atoms with Crippen LogP contribution in [0.1, 0.15) is 61.6 Å². The summed E-state index contributed by atoms with van der Waals surface area (Å²) in [5, 5.41) is 0. The van der Waals surface area contributed by atoms with Gasteiger partial charge < -0.3 is 9.47 Å². The summed E-state index contributed by atoms with van der Waals surface area (Å²) >= 11 is 0. The molecule has 0 radical (unpaired) electrons. The fourth-order valence-corrected chi connectivity index (χ4v) is 3.00. The van der Waals surface area contributed by atoms with Gasteiger partial charge >= 0.3 is 12.1 Å². The molecule has 0 saturated carbocycles. The summed E-state index contributed by atoms with van der Waals surface area (Å²) in [5.74, 6) is -2.24. The second-order valence-electron chi connectivity index (χ2n) is 7.01. The summed E-state index contributed by atoms with van der Waals surface area (Å²) in [6.45, 7) is 15.0. The lowest BCUT2D eigenvalue weighted by atomic mass is 9.89. The SMILES string of the molecule is C=CCOC(=O)c1c(C)c(C)c2c(c1C)C(=O)N(C(=O)OC(C)(C)C=C)C2=O. The molecule has 0 atom stereocenters. The van der Waals surface area contributed by atoms with Gasteiger partial charge in [0, 0.05) is 0 Å². The molecule has 1 heterocycles. The Hall–Kier alpha value is -3.22. The van der Waals surface area contributed by atoms with E-state index in [-0.39, 0.29) is 28.9 Å². The summed E-state index contributed by atoms with van der Waals surface area (Å²) in [5.41, 5.74) is 0.452. The maximum atomic E-state index is 12.9. The first-order valence-corrected chi connectivity index (χ1v) is 8.65. The van der Waals surface area contributed by atoms with Crippen molar-refractivity contribution in [1.29, 1.82) is 0 Å². The molecule has 1 aromatic carbocycles. The van der Waals surface area contributed by atoms with Gasteiger partial charge in [-0.15, -0.1) is 0 Å². The zero-order valence-corrected chi connectivity index (χ0v) is 16.7. The van der Waals surface area contributed by atoms with Crippen molar-refractivity contribution in [2.45, 2.75) is 40.2 Å². The van der Waals surface area contributed by atoms with Crippen LogP contribution in [-0.2, 0) is 9.47 Å². The Labute approximate surface area is 163 Å². The molecule has 0 fully saturated rings. The quantitative estimate of drug-likeness (QED) is 0.437. The topological polar surface area (TPSA) is 90.0 Å². The number of ether oxygens (including phenoxy) is 2. The number of benzene rings is 1. The Balaban J connectivity index is 2.58. The van der Waals surface area contributed by atoms with Gasteiger partial charge in [-0.05, 0) is 57.4 Å². The molecule has 0 aliphatic carbocycles. The Morgan fingerprint density at radius 3 is 2.04 bits per heavy atom. The molecular weight excluding hydrogens is 362 g/mol. The fourth-order valence-electron chi connectivity index (χ4n) is 3.00. The number of hydrogen-bond acceptors (Lipinski definition) is 6. The molecule has 0 saturated heterocycles. The molecular formula is C21H23NO6. The standard InChI is InChI=1S/C21H23NO6/c1-8-10-27-19(25)14-11(3)12(4)15-16(13(14)5)18(24)22(17(15)23)20(26)28-21(6,7)9-2/h8-9H,1-2,10H2,3-7H3. The lowest BCUT2D eigenvalue weighted by molar-refractivity contribution is 0.0363. The minimum atomic E-state index is -1.09. The average molecular weight is 385 g/mol. The normalized spacial score (nSPS) is 13.2. The average Bonchev–Trinajstić information content (AvgIpc) is 2.88. The number of hydrogen-bond donors (Lipinski definition) is 0. The van der Waals surface area contributed by atoms with Gasteiger partial charge in [-0.1, -0.05) is 19.2 Å². The first kappa shape index (κ1) is 21.1. The molecule has 0 unspecified atom stereocenters. The third-order valence-electron chi connectivity index (χ3n) is 4.71. The molecule has 28 heavy (non-hydrogen) atoms. The second-order valence-corrected chi connectivity index (χ2v) is 7.01. The van der Waals surface area contributed by atoms with Crippen LogP contribution in [0.25, 0.3) is 0 Å².